The number of ether oxygens (including phenoxy) is 1. The number of nitrogens with one attached hydrogen (secondary N) is 2. The van der Waals surface area contributed by atoms with Crippen molar-refractivity contribution in [2.45, 2.75) is 13.3 Å². The van der Waals surface area contributed by atoms with E-state index in [9.17, 15) is 14.4 Å². The molecule has 0 saturated heterocycles. The topological polar surface area (TPSA) is 97.4 Å². The first-order valence-corrected chi connectivity index (χ1v) is 6.89. The molecule has 0 bridgehead atoms. The summed E-state index contributed by atoms with van der Waals surface area (Å²) in [5.41, 5.74) is 0.721. The molecule has 22 heavy (non-hydrogen) atoms. The lowest BCUT2D eigenvalue weighted by atomic mass is 10.2. The Labute approximate surface area is 128 Å². The van der Waals surface area contributed by atoms with E-state index in [2.05, 4.69) is 15.6 Å². The first-order valence-electron chi connectivity index (χ1n) is 6.89. The molecule has 0 atom stereocenters. The summed E-state index contributed by atoms with van der Waals surface area (Å²) >= 11 is 0. The molecule has 0 saturated carbocycles. The lowest BCUT2D eigenvalue weighted by molar-refractivity contribution is -0.121. The van der Waals surface area contributed by atoms with Gasteiger partial charge in [-0.15, -0.1) is 0 Å². The first kappa shape index (κ1) is 17.5. The number of nitrogens with zero attached hydrogens (tertiary/aromatic N) is 1. The highest BCUT2D eigenvalue weighted by Gasteiger charge is 2.10. The normalized spacial score (nSPS) is 10.9. The Kier molecular flexibility index (Phi) is 8.14. The molecule has 0 radical (unpaired) electrons. The molecule has 0 aliphatic heterocycles. The number of hydrogen-bond acceptors (Lipinski definition) is 5. The number of carbonyl (C=O) groups is 3. The van der Waals surface area contributed by atoms with Gasteiger partial charge in [0, 0.05) is 18.9 Å². The van der Waals surface area contributed by atoms with Crippen LogP contribution >= 0.6 is 0 Å². The van der Waals surface area contributed by atoms with Crippen LogP contribution in [0.3, 0.4) is 0 Å². The number of pyridine rings is 1. The van der Waals surface area contributed by atoms with Gasteiger partial charge >= 0.3 is 0 Å². The average molecular weight is 305 g/mol. The third-order valence-corrected chi connectivity index (χ3v) is 2.53. The first-order chi connectivity index (χ1) is 10.7. The van der Waals surface area contributed by atoms with Gasteiger partial charge in [0.25, 0.3) is 0 Å². The van der Waals surface area contributed by atoms with E-state index in [1.807, 2.05) is 6.92 Å². The van der Waals surface area contributed by atoms with E-state index in [0.717, 1.165) is 0 Å². The van der Waals surface area contributed by atoms with Gasteiger partial charge in [-0.05, 0) is 19.1 Å². The molecule has 1 aromatic rings. The fraction of sp³-hybridized carbons (Fsp3) is 0.333. The Morgan fingerprint density at radius 3 is 2.82 bits per heavy atom. The van der Waals surface area contributed by atoms with E-state index >= 15 is 0 Å². The molecule has 0 aromatic carbocycles. The maximum Gasteiger partial charge on any atom is 0.246 e. The number of carbonyl (C=O) groups excluding carboxylic acids is 3. The second kappa shape index (κ2) is 10.2. The number of aldehydes is 1. The molecule has 0 unspecified atom stereocenters. The van der Waals surface area contributed by atoms with Crippen LogP contribution in [0, 0.1) is 0 Å². The zero-order chi connectivity index (χ0) is 16.2. The Morgan fingerprint density at radius 1 is 1.36 bits per heavy atom. The molecule has 7 heteroatoms. The van der Waals surface area contributed by atoms with E-state index in [-0.39, 0.29) is 24.6 Å². The van der Waals surface area contributed by atoms with Crippen LogP contribution in [-0.4, -0.2) is 42.8 Å². The Morgan fingerprint density at radius 2 is 2.18 bits per heavy atom. The molecule has 1 heterocycles. The van der Waals surface area contributed by atoms with Gasteiger partial charge < -0.3 is 20.2 Å². The average Bonchev–Trinajstić information content (AvgIpc) is 2.53. The molecule has 1 aromatic heterocycles. The minimum atomic E-state index is -0.488. The van der Waals surface area contributed by atoms with Crippen molar-refractivity contribution in [3.63, 3.8) is 0 Å². The lowest BCUT2D eigenvalue weighted by Crippen LogP contribution is -2.27. The summed E-state index contributed by atoms with van der Waals surface area (Å²) in [6.45, 7) is 2.58. The highest BCUT2D eigenvalue weighted by molar-refractivity contribution is 5.98. The van der Waals surface area contributed by atoms with Gasteiger partial charge in [-0.3, -0.25) is 14.6 Å². The van der Waals surface area contributed by atoms with Crippen LogP contribution in [0.25, 0.3) is 5.70 Å². The van der Waals surface area contributed by atoms with E-state index in [0.29, 0.717) is 25.2 Å². The molecule has 2 amide bonds. The molecule has 0 aliphatic carbocycles. The minimum Gasteiger partial charge on any atom is -0.381 e. The van der Waals surface area contributed by atoms with Crippen LogP contribution in [0.5, 0.6) is 0 Å². The summed E-state index contributed by atoms with van der Waals surface area (Å²) in [4.78, 5) is 37.9. The highest BCUT2D eigenvalue weighted by atomic mass is 16.5. The third-order valence-electron chi connectivity index (χ3n) is 2.53. The molecule has 7 nitrogen and oxygen atoms in total. The van der Waals surface area contributed by atoms with Crippen molar-refractivity contribution < 1.29 is 19.1 Å². The van der Waals surface area contributed by atoms with E-state index in [1.54, 1.807) is 24.4 Å². The molecule has 0 fully saturated rings. The van der Waals surface area contributed by atoms with Crippen LogP contribution in [0.4, 0.5) is 0 Å². The van der Waals surface area contributed by atoms with Gasteiger partial charge in [-0.2, -0.15) is 0 Å². The molecule has 2 N–H and O–H groups in total. The molecule has 0 aliphatic rings. The summed E-state index contributed by atoms with van der Waals surface area (Å²) in [6, 6.07) is 5.14. The van der Waals surface area contributed by atoms with Gasteiger partial charge in [0.2, 0.25) is 11.8 Å². The maximum atomic E-state index is 11.8. The zero-order valence-corrected chi connectivity index (χ0v) is 12.4. The Bertz CT molecular complexity index is 529. The molecule has 1 rings (SSSR count). The fourth-order valence-corrected chi connectivity index (χ4v) is 1.54. The van der Waals surface area contributed by atoms with E-state index in [1.165, 1.54) is 6.08 Å². The van der Waals surface area contributed by atoms with Crippen molar-refractivity contribution >= 4 is 23.8 Å². The van der Waals surface area contributed by atoms with Gasteiger partial charge in [0.15, 0.2) is 0 Å². The largest absolute Gasteiger partial charge is 0.381 e. The molecular formula is C15H19N3O4. The van der Waals surface area contributed by atoms with Crippen molar-refractivity contribution in [1.29, 1.82) is 0 Å². The quantitative estimate of drug-likeness (QED) is 0.388. The summed E-state index contributed by atoms with van der Waals surface area (Å²) in [7, 11) is 0. The van der Waals surface area contributed by atoms with Crippen LogP contribution in [0.15, 0.2) is 30.5 Å². The van der Waals surface area contributed by atoms with Crippen LogP contribution in [0.2, 0.25) is 0 Å². The Balaban J connectivity index is 2.79. The summed E-state index contributed by atoms with van der Waals surface area (Å²) in [5, 5.41) is 5.00. The lowest BCUT2D eigenvalue weighted by Gasteiger charge is -2.09. The highest BCUT2D eigenvalue weighted by Crippen LogP contribution is 2.07. The predicted molar refractivity (Wildman–Crippen MR) is 80.5 cm³/mol. The van der Waals surface area contributed by atoms with Crippen molar-refractivity contribution in [2.75, 3.05) is 19.8 Å². The summed E-state index contributed by atoms with van der Waals surface area (Å²) < 4.78 is 5.11. The standard InChI is InChI=1S/C15H19N3O4/c1-2-22-10-6-14(20)18-13(11-15(21)17-8-9-19)12-5-3-4-7-16-12/h3-5,7,9,11H,2,6,8,10H2,1H3,(H,17,21)(H,18,20). The maximum absolute atomic E-state index is 11.8. The van der Waals surface area contributed by atoms with Crippen molar-refractivity contribution in [2.24, 2.45) is 0 Å². The van der Waals surface area contributed by atoms with E-state index in [4.69, 9.17) is 4.74 Å². The minimum absolute atomic E-state index is 0.0941. The fourth-order valence-electron chi connectivity index (χ4n) is 1.54. The van der Waals surface area contributed by atoms with Crippen molar-refractivity contribution in [3.05, 3.63) is 36.2 Å². The van der Waals surface area contributed by atoms with Crippen LogP contribution in [0.1, 0.15) is 19.0 Å². The zero-order valence-electron chi connectivity index (χ0n) is 12.4. The number of aromatic nitrogens is 1. The van der Waals surface area contributed by atoms with Crippen molar-refractivity contribution in [1.82, 2.24) is 15.6 Å². The van der Waals surface area contributed by atoms with Gasteiger partial charge in [-0.1, -0.05) is 6.07 Å². The number of hydrogen-bond donors (Lipinski definition) is 2. The molecular weight excluding hydrogens is 286 g/mol. The van der Waals surface area contributed by atoms with E-state index < -0.39 is 5.91 Å². The molecule has 0 spiro atoms. The number of amides is 2. The van der Waals surface area contributed by atoms with Crippen LogP contribution < -0.4 is 10.6 Å². The SMILES string of the molecule is CCOCCC(=O)NC(=CC(=O)NCC=O)c1ccccn1. The third kappa shape index (κ3) is 6.76. The van der Waals surface area contributed by atoms with Crippen molar-refractivity contribution in [3.8, 4) is 0 Å². The summed E-state index contributed by atoms with van der Waals surface area (Å²) in [6.07, 6.45) is 3.50. The predicted octanol–water partition coefficient (Wildman–Crippen LogP) is 0.280. The second-order valence-electron chi connectivity index (χ2n) is 4.18. The summed E-state index contributed by atoms with van der Waals surface area (Å²) in [5.74, 6) is -0.772. The second-order valence-corrected chi connectivity index (χ2v) is 4.18. The monoisotopic (exact) mass is 305 g/mol. The van der Waals surface area contributed by atoms with Crippen LogP contribution in [-0.2, 0) is 19.1 Å². The van der Waals surface area contributed by atoms with Gasteiger partial charge in [-0.25, -0.2) is 0 Å². The van der Waals surface area contributed by atoms with Gasteiger partial charge in [0.05, 0.1) is 31.0 Å². The number of rotatable bonds is 9. The van der Waals surface area contributed by atoms with Gasteiger partial charge in [0.1, 0.15) is 6.29 Å². The smallest absolute Gasteiger partial charge is 0.246 e. The Hall–Kier alpha value is -2.54. The molecule has 118 valence electrons.